The minimum Gasteiger partial charge on any atom is -0.490 e. The second-order valence-corrected chi connectivity index (χ2v) is 7.18. The smallest absolute Gasteiger partial charge is 0.416 e. The van der Waals surface area contributed by atoms with Crippen molar-refractivity contribution in [3.63, 3.8) is 0 Å². The summed E-state index contributed by atoms with van der Waals surface area (Å²) in [5.74, 6) is 1.68. The highest BCUT2D eigenvalue weighted by Crippen LogP contribution is 2.49. The van der Waals surface area contributed by atoms with Crippen molar-refractivity contribution in [3.05, 3.63) is 29.8 Å². The molecule has 1 amide bonds. The van der Waals surface area contributed by atoms with Crippen LogP contribution in [0.1, 0.15) is 18.4 Å². The largest absolute Gasteiger partial charge is 0.490 e. The lowest BCUT2D eigenvalue weighted by Crippen LogP contribution is -2.43. The molecular formula is C18H21F3N2O2. The number of benzene rings is 1. The monoisotopic (exact) mass is 354 g/mol. The summed E-state index contributed by atoms with van der Waals surface area (Å²) < 4.78 is 44.0. The lowest BCUT2D eigenvalue weighted by molar-refractivity contribution is -0.138. The first-order chi connectivity index (χ1) is 11.9. The van der Waals surface area contributed by atoms with E-state index >= 15 is 0 Å². The van der Waals surface area contributed by atoms with Crippen molar-refractivity contribution in [2.75, 3.05) is 26.2 Å². The van der Waals surface area contributed by atoms with Crippen LogP contribution < -0.4 is 10.1 Å². The Morgan fingerprint density at radius 3 is 2.48 bits per heavy atom. The first-order valence-corrected chi connectivity index (χ1v) is 8.77. The van der Waals surface area contributed by atoms with Crippen LogP contribution in [0.25, 0.3) is 0 Å². The van der Waals surface area contributed by atoms with E-state index in [4.69, 9.17) is 4.74 Å². The lowest BCUT2D eigenvalue weighted by atomic mass is 10.1. The van der Waals surface area contributed by atoms with E-state index in [9.17, 15) is 18.0 Å². The molecule has 1 saturated carbocycles. The zero-order chi connectivity index (χ0) is 17.6. The molecule has 7 heteroatoms. The molecule has 3 atom stereocenters. The Labute approximate surface area is 144 Å². The summed E-state index contributed by atoms with van der Waals surface area (Å²) >= 11 is 0. The average molecular weight is 354 g/mol. The van der Waals surface area contributed by atoms with Gasteiger partial charge in [0.25, 0.3) is 0 Å². The van der Waals surface area contributed by atoms with Gasteiger partial charge in [0, 0.05) is 31.8 Å². The molecule has 2 aliphatic heterocycles. The number of carbonyl (C=O) groups is 1. The molecule has 0 bridgehead atoms. The number of likely N-dealkylation sites (tertiary alicyclic amines) is 1. The summed E-state index contributed by atoms with van der Waals surface area (Å²) in [6.07, 6.45) is -3.20. The SMILES string of the molecule is O=C(C1[C@H]2CNC[C@@H]12)N1CCC(Oc2cccc(C(F)(F)F)c2)CC1. The molecule has 0 spiro atoms. The molecule has 0 aromatic heterocycles. The van der Waals surface area contributed by atoms with Crippen molar-refractivity contribution in [2.24, 2.45) is 17.8 Å². The van der Waals surface area contributed by atoms with Gasteiger partial charge in [-0.25, -0.2) is 0 Å². The van der Waals surface area contributed by atoms with E-state index in [2.05, 4.69) is 5.32 Å². The van der Waals surface area contributed by atoms with Crippen molar-refractivity contribution in [2.45, 2.75) is 25.1 Å². The van der Waals surface area contributed by atoms with Gasteiger partial charge < -0.3 is 15.0 Å². The summed E-state index contributed by atoms with van der Waals surface area (Å²) in [4.78, 5) is 14.4. The van der Waals surface area contributed by atoms with E-state index in [1.54, 1.807) is 6.07 Å². The number of amides is 1. The number of nitrogens with one attached hydrogen (secondary N) is 1. The molecule has 1 unspecified atom stereocenters. The van der Waals surface area contributed by atoms with Gasteiger partial charge in [-0.15, -0.1) is 0 Å². The number of hydrogen-bond acceptors (Lipinski definition) is 3. The van der Waals surface area contributed by atoms with E-state index in [-0.39, 0.29) is 23.7 Å². The maximum absolute atomic E-state index is 12.8. The molecule has 4 rings (SSSR count). The van der Waals surface area contributed by atoms with Crippen molar-refractivity contribution >= 4 is 5.91 Å². The summed E-state index contributed by atoms with van der Waals surface area (Å²) in [5, 5.41) is 3.29. The number of halogens is 3. The van der Waals surface area contributed by atoms with Gasteiger partial charge in [0.15, 0.2) is 0 Å². The van der Waals surface area contributed by atoms with E-state index < -0.39 is 11.7 Å². The Bertz CT molecular complexity index is 646. The quantitative estimate of drug-likeness (QED) is 0.907. The number of nitrogens with zero attached hydrogens (tertiary/aromatic N) is 1. The molecule has 0 radical (unpaired) electrons. The molecule has 136 valence electrons. The lowest BCUT2D eigenvalue weighted by Gasteiger charge is -2.32. The second kappa shape index (κ2) is 6.20. The normalized spacial score (nSPS) is 29.4. The van der Waals surface area contributed by atoms with Crippen LogP contribution in [0.15, 0.2) is 24.3 Å². The third kappa shape index (κ3) is 3.34. The molecule has 1 aromatic carbocycles. The van der Waals surface area contributed by atoms with Gasteiger partial charge in [-0.3, -0.25) is 4.79 Å². The second-order valence-electron chi connectivity index (χ2n) is 7.18. The number of hydrogen-bond donors (Lipinski definition) is 1. The van der Waals surface area contributed by atoms with Gasteiger partial charge in [-0.1, -0.05) is 6.07 Å². The van der Waals surface area contributed by atoms with Crippen LogP contribution in [0.3, 0.4) is 0 Å². The molecule has 2 heterocycles. The Balaban J connectivity index is 1.30. The van der Waals surface area contributed by atoms with Gasteiger partial charge in [0.05, 0.1) is 5.56 Å². The van der Waals surface area contributed by atoms with Crippen molar-refractivity contribution in [3.8, 4) is 5.75 Å². The fourth-order valence-electron chi connectivity index (χ4n) is 4.13. The fourth-order valence-corrected chi connectivity index (χ4v) is 4.13. The topological polar surface area (TPSA) is 41.6 Å². The highest BCUT2D eigenvalue weighted by atomic mass is 19.4. The van der Waals surface area contributed by atoms with Crippen LogP contribution in [0.4, 0.5) is 13.2 Å². The minimum absolute atomic E-state index is 0.145. The van der Waals surface area contributed by atoms with E-state index in [1.807, 2.05) is 4.90 Å². The number of carbonyl (C=O) groups excluding carboxylic acids is 1. The van der Waals surface area contributed by atoms with Crippen LogP contribution in [-0.4, -0.2) is 43.1 Å². The summed E-state index contributed by atoms with van der Waals surface area (Å²) in [5.41, 5.74) is -0.702. The molecule has 1 aromatic rings. The van der Waals surface area contributed by atoms with Crippen molar-refractivity contribution < 1.29 is 22.7 Å². The minimum atomic E-state index is -4.37. The van der Waals surface area contributed by atoms with Crippen LogP contribution in [0, 0.1) is 17.8 Å². The summed E-state index contributed by atoms with van der Waals surface area (Å²) in [7, 11) is 0. The summed E-state index contributed by atoms with van der Waals surface area (Å²) in [6.45, 7) is 3.12. The Kier molecular flexibility index (Phi) is 4.14. The van der Waals surface area contributed by atoms with Crippen LogP contribution in [-0.2, 0) is 11.0 Å². The zero-order valence-corrected chi connectivity index (χ0v) is 13.8. The van der Waals surface area contributed by atoms with Crippen LogP contribution >= 0.6 is 0 Å². The third-order valence-electron chi connectivity index (χ3n) is 5.59. The van der Waals surface area contributed by atoms with Crippen molar-refractivity contribution in [1.82, 2.24) is 10.2 Å². The Morgan fingerprint density at radius 2 is 1.84 bits per heavy atom. The Morgan fingerprint density at radius 1 is 1.16 bits per heavy atom. The highest BCUT2D eigenvalue weighted by Gasteiger charge is 2.57. The average Bonchev–Trinajstić information content (AvgIpc) is 3.06. The van der Waals surface area contributed by atoms with E-state index in [0.29, 0.717) is 37.8 Å². The predicted molar refractivity (Wildman–Crippen MR) is 85.0 cm³/mol. The molecule has 1 N–H and O–H groups in total. The number of fused-ring (bicyclic) bond motifs is 1. The van der Waals surface area contributed by atoms with Gasteiger partial charge >= 0.3 is 6.18 Å². The zero-order valence-electron chi connectivity index (χ0n) is 13.8. The van der Waals surface area contributed by atoms with E-state index in [1.165, 1.54) is 6.07 Å². The highest BCUT2D eigenvalue weighted by molar-refractivity contribution is 5.82. The number of ether oxygens (including phenoxy) is 1. The first-order valence-electron chi connectivity index (χ1n) is 8.77. The van der Waals surface area contributed by atoms with Gasteiger partial charge in [0.2, 0.25) is 5.91 Å². The predicted octanol–water partition coefficient (Wildman–Crippen LogP) is 2.54. The summed E-state index contributed by atoms with van der Waals surface area (Å²) in [6, 6.07) is 4.98. The maximum Gasteiger partial charge on any atom is 0.416 e. The number of piperidine rings is 2. The Hall–Kier alpha value is -1.76. The molecule has 2 saturated heterocycles. The maximum atomic E-state index is 12.8. The fraction of sp³-hybridized carbons (Fsp3) is 0.611. The van der Waals surface area contributed by atoms with Crippen LogP contribution in [0.5, 0.6) is 5.75 Å². The molecule has 1 aliphatic carbocycles. The molecule has 4 nitrogen and oxygen atoms in total. The molecule has 25 heavy (non-hydrogen) atoms. The third-order valence-corrected chi connectivity index (χ3v) is 5.59. The molecular weight excluding hydrogens is 333 g/mol. The number of rotatable bonds is 3. The van der Waals surface area contributed by atoms with Crippen LogP contribution in [0.2, 0.25) is 0 Å². The van der Waals surface area contributed by atoms with Gasteiger partial charge in [-0.05, 0) is 43.1 Å². The molecule has 3 fully saturated rings. The van der Waals surface area contributed by atoms with E-state index in [0.717, 1.165) is 25.2 Å². The van der Waals surface area contributed by atoms with Crippen molar-refractivity contribution in [1.29, 1.82) is 0 Å². The van der Waals surface area contributed by atoms with Gasteiger partial charge in [0.1, 0.15) is 11.9 Å². The molecule has 3 aliphatic rings. The van der Waals surface area contributed by atoms with Gasteiger partial charge in [-0.2, -0.15) is 13.2 Å². The first kappa shape index (κ1) is 16.7. The standard InChI is InChI=1S/C18H21F3N2O2/c19-18(20,21)11-2-1-3-13(8-11)25-12-4-6-23(7-5-12)17(24)16-14-9-22-10-15(14)16/h1-3,8,12,14-16,22H,4-7,9-10H2/t14-,15+,16?. The number of alkyl halides is 3.